The summed E-state index contributed by atoms with van der Waals surface area (Å²) in [4.78, 5) is 24.7. The molecule has 1 unspecified atom stereocenters. The molecule has 1 atom stereocenters. The van der Waals surface area contributed by atoms with Gasteiger partial charge in [0.15, 0.2) is 5.82 Å². The third-order valence-corrected chi connectivity index (χ3v) is 4.07. The van der Waals surface area contributed by atoms with Gasteiger partial charge >= 0.3 is 5.97 Å². The molecule has 0 radical (unpaired) electrons. The summed E-state index contributed by atoms with van der Waals surface area (Å²) in [6, 6.07) is 1.13. The lowest BCUT2D eigenvalue weighted by Crippen LogP contribution is -2.48. The van der Waals surface area contributed by atoms with Crippen LogP contribution in [0.15, 0.2) is 10.6 Å². The Morgan fingerprint density at radius 3 is 3.10 bits per heavy atom. The van der Waals surface area contributed by atoms with E-state index in [0.717, 1.165) is 5.75 Å². The van der Waals surface area contributed by atoms with E-state index < -0.39 is 12.0 Å². The minimum atomic E-state index is -0.829. The van der Waals surface area contributed by atoms with E-state index >= 15 is 0 Å². The Kier molecular flexibility index (Phi) is 5.02. The third-order valence-electron chi connectivity index (χ3n) is 3.05. The maximum atomic E-state index is 11.8. The minimum Gasteiger partial charge on any atom is -0.480 e. The molecule has 0 aliphatic carbocycles. The van der Waals surface area contributed by atoms with Gasteiger partial charge in [0, 0.05) is 37.1 Å². The number of aliphatic carboxylic acids is 1. The fourth-order valence-electron chi connectivity index (χ4n) is 2.01. The highest BCUT2D eigenvalue weighted by molar-refractivity contribution is 7.99. The predicted molar refractivity (Wildman–Crippen MR) is 74.8 cm³/mol. The molecule has 1 aromatic rings. The normalized spacial score (nSPS) is 19.8. The summed E-state index contributed by atoms with van der Waals surface area (Å²) in [7, 11) is 0. The molecule has 1 saturated heterocycles. The number of rotatable bonds is 5. The Morgan fingerprint density at radius 1 is 1.65 bits per heavy atom. The zero-order chi connectivity index (χ0) is 14.5. The zero-order valence-corrected chi connectivity index (χ0v) is 12.0. The molecule has 2 N–H and O–H groups in total. The predicted octanol–water partition coefficient (Wildman–Crippen LogP) is 0.814. The van der Waals surface area contributed by atoms with E-state index in [1.807, 2.05) is 4.90 Å². The van der Waals surface area contributed by atoms with Crippen molar-refractivity contribution in [2.75, 3.05) is 29.9 Å². The molecule has 1 aromatic heterocycles. The number of thioether (sulfide) groups is 1. The van der Waals surface area contributed by atoms with Gasteiger partial charge in [0.1, 0.15) is 11.8 Å². The number of carboxylic acids is 1. The van der Waals surface area contributed by atoms with Crippen molar-refractivity contribution < 1.29 is 19.2 Å². The molecule has 7 nitrogen and oxygen atoms in total. The van der Waals surface area contributed by atoms with Gasteiger partial charge in [0.2, 0.25) is 5.91 Å². The van der Waals surface area contributed by atoms with E-state index in [1.54, 1.807) is 24.8 Å². The number of carbonyl (C=O) groups excluding carboxylic acids is 1. The minimum absolute atomic E-state index is 0.194. The Labute approximate surface area is 120 Å². The van der Waals surface area contributed by atoms with Crippen LogP contribution < -0.4 is 5.32 Å². The van der Waals surface area contributed by atoms with Gasteiger partial charge in [-0.15, -0.1) is 0 Å². The molecule has 0 bridgehead atoms. The molecule has 0 spiro atoms. The molecule has 8 heteroatoms. The van der Waals surface area contributed by atoms with Crippen LogP contribution in [-0.4, -0.2) is 57.7 Å². The van der Waals surface area contributed by atoms with Gasteiger partial charge in [-0.3, -0.25) is 14.5 Å². The fraction of sp³-hybridized carbons (Fsp3) is 0.583. The largest absolute Gasteiger partial charge is 0.480 e. The average molecular weight is 299 g/mol. The van der Waals surface area contributed by atoms with Crippen molar-refractivity contribution in [3.8, 4) is 0 Å². The monoisotopic (exact) mass is 299 g/mol. The number of hydrogen-bond donors (Lipinski definition) is 2. The van der Waals surface area contributed by atoms with E-state index in [-0.39, 0.29) is 12.3 Å². The van der Waals surface area contributed by atoms with Crippen molar-refractivity contribution in [3.63, 3.8) is 0 Å². The highest BCUT2D eigenvalue weighted by Crippen LogP contribution is 2.17. The summed E-state index contributed by atoms with van der Waals surface area (Å²) in [5.41, 5.74) is 0. The SMILES string of the molecule is Cc1cc(NC(=O)CCN2CCSCC2C(=O)O)no1. The van der Waals surface area contributed by atoms with E-state index in [0.29, 0.717) is 30.4 Å². The highest BCUT2D eigenvalue weighted by Gasteiger charge is 2.28. The first-order valence-corrected chi connectivity index (χ1v) is 7.49. The van der Waals surface area contributed by atoms with E-state index in [2.05, 4.69) is 10.5 Å². The molecule has 1 fully saturated rings. The second-order valence-electron chi connectivity index (χ2n) is 4.59. The summed E-state index contributed by atoms with van der Waals surface area (Å²) in [6.07, 6.45) is 0.236. The number of nitrogens with zero attached hydrogens (tertiary/aromatic N) is 2. The number of aryl methyl sites for hydroxylation is 1. The zero-order valence-electron chi connectivity index (χ0n) is 11.2. The number of carbonyl (C=O) groups is 2. The van der Waals surface area contributed by atoms with Crippen molar-refractivity contribution in [2.45, 2.75) is 19.4 Å². The Balaban J connectivity index is 1.81. The first-order chi connectivity index (χ1) is 9.56. The number of anilines is 1. The molecular weight excluding hydrogens is 282 g/mol. The number of hydrogen-bond acceptors (Lipinski definition) is 6. The first kappa shape index (κ1) is 14.9. The van der Waals surface area contributed by atoms with Gasteiger partial charge < -0.3 is 14.9 Å². The van der Waals surface area contributed by atoms with Gasteiger partial charge in [-0.25, -0.2) is 0 Å². The van der Waals surface area contributed by atoms with Crippen LogP contribution in [0.3, 0.4) is 0 Å². The molecule has 20 heavy (non-hydrogen) atoms. The summed E-state index contributed by atoms with van der Waals surface area (Å²) in [5, 5.41) is 15.4. The lowest BCUT2D eigenvalue weighted by molar-refractivity contribution is -0.142. The molecule has 1 amide bonds. The standard InChI is InChI=1S/C12H17N3O4S/c1-8-6-10(14-19-8)13-11(16)2-3-15-4-5-20-7-9(15)12(17)18/h6,9H,2-5,7H2,1H3,(H,17,18)(H,13,14,16). The quantitative estimate of drug-likeness (QED) is 0.830. The molecule has 1 aliphatic heterocycles. The van der Waals surface area contributed by atoms with Crippen LogP contribution in [0.5, 0.6) is 0 Å². The molecule has 2 heterocycles. The van der Waals surface area contributed by atoms with Crippen LogP contribution in [0.2, 0.25) is 0 Å². The second-order valence-corrected chi connectivity index (χ2v) is 5.74. The molecular formula is C12H17N3O4S. The Bertz CT molecular complexity index is 491. The second kappa shape index (κ2) is 6.76. The summed E-state index contributed by atoms with van der Waals surface area (Å²) in [5.74, 6) is 1.45. The lowest BCUT2D eigenvalue weighted by Gasteiger charge is -2.32. The number of aromatic nitrogens is 1. The lowest BCUT2D eigenvalue weighted by atomic mass is 10.2. The third kappa shape index (κ3) is 3.97. The van der Waals surface area contributed by atoms with Gasteiger partial charge in [-0.1, -0.05) is 5.16 Å². The Morgan fingerprint density at radius 2 is 2.45 bits per heavy atom. The van der Waals surface area contributed by atoms with Crippen molar-refractivity contribution >= 4 is 29.5 Å². The number of carboxylic acid groups (broad SMARTS) is 1. The highest BCUT2D eigenvalue weighted by atomic mass is 32.2. The van der Waals surface area contributed by atoms with Gasteiger partial charge in [-0.05, 0) is 6.92 Å². The van der Waals surface area contributed by atoms with Crippen LogP contribution in [0.25, 0.3) is 0 Å². The van der Waals surface area contributed by atoms with Crippen molar-refractivity contribution in [2.24, 2.45) is 0 Å². The van der Waals surface area contributed by atoms with E-state index in [4.69, 9.17) is 9.63 Å². The van der Waals surface area contributed by atoms with E-state index in [9.17, 15) is 9.59 Å². The molecule has 110 valence electrons. The number of amides is 1. The molecule has 1 aliphatic rings. The van der Waals surface area contributed by atoms with Gasteiger partial charge in [-0.2, -0.15) is 11.8 Å². The van der Waals surface area contributed by atoms with E-state index in [1.165, 1.54) is 0 Å². The summed E-state index contributed by atoms with van der Waals surface area (Å²) >= 11 is 1.63. The molecule has 0 aromatic carbocycles. The fourth-order valence-corrected chi connectivity index (χ4v) is 3.12. The Hall–Kier alpha value is -1.54. The van der Waals surface area contributed by atoms with Crippen molar-refractivity contribution in [1.29, 1.82) is 0 Å². The molecule has 0 saturated carbocycles. The average Bonchev–Trinajstić information content (AvgIpc) is 2.82. The van der Waals surface area contributed by atoms with Crippen molar-refractivity contribution in [3.05, 3.63) is 11.8 Å². The van der Waals surface area contributed by atoms with Crippen LogP contribution >= 0.6 is 11.8 Å². The first-order valence-electron chi connectivity index (χ1n) is 6.34. The molecule has 2 rings (SSSR count). The van der Waals surface area contributed by atoms with Gasteiger partial charge in [0.25, 0.3) is 0 Å². The van der Waals surface area contributed by atoms with Crippen molar-refractivity contribution in [1.82, 2.24) is 10.1 Å². The number of nitrogens with one attached hydrogen (secondary N) is 1. The smallest absolute Gasteiger partial charge is 0.321 e. The van der Waals surface area contributed by atoms with Crippen LogP contribution in [-0.2, 0) is 9.59 Å². The topological polar surface area (TPSA) is 95.7 Å². The van der Waals surface area contributed by atoms with Crippen LogP contribution in [0.4, 0.5) is 5.82 Å². The maximum Gasteiger partial charge on any atom is 0.321 e. The maximum absolute atomic E-state index is 11.8. The summed E-state index contributed by atoms with van der Waals surface area (Å²) < 4.78 is 4.85. The van der Waals surface area contributed by atoms with Gasteiger partial charge in [0.05, 0.1) is 0 Å². The summed E-state index contributed by atoms with van der Waals surface area (Å²) in [6.45, 7) is 2.86. The van der Waals surface area contributed by atoms with Crippen LogP contribution in [0.1, 0.15) is 12.2 Å². The van der Waals surface area contributed by atoms with Crippen LogP contribution in [0, 0.1) is 6.92 Å².